The highest BCUT2D eigenvalue weighted by molar-refractivity contribution is 7.19. The maximum absolute atomic E-state index is 12.5. The van der Waals surface area contributed by atoms with Crippen LogP contribution in [-0.4, -0.2) is 31.3 Å². The van der Waals surface area contributed by atoms with E-state index in [9.17, 15) is 14.4 Å². The summed E-state index contributed by atoms with van der Waals surface area (Å²) in [6.45, 7) is 0.175. The molecule has 0 unspecified atom stereocenters. The second-order valence-electron chi connectivity index (χ2n) is 4.76. The van der Waals surface area contributed by atoms with Gasteiger partial charge in [-0.15, -0.1) is 5.10 Å². The molecule has 0 radical (unpaired) electrons. The number of imide groups is 1. The molecule has 3 heterocycles. The minimum Gasteiger partial charge on any atom is -0.268 e. The topological polar surface area (TPSA) is 84.6 Å². The van der Waals surface area contributed by atoms with E-state index in [1.807, 2.05) is 30.3 Å². The zero-order valence-electron chi connectivity index (χ0n) is 11.1. The highest BCUT2D eigenvalue weighted by atomic mass is 32.1. The monoisotopic (exact) mass is 312 g/mol. The second-order valence-corrected chi connectivity index (χ2v) is 5.74. The van der Waals surface area contributed by atoms with Crippen molar-refractivity contribution in [1.82, 2.24) is 19.5 Å². The molecular weight excluding hydrogens is 304 g/mol. The van der Waals surface area contributed by atoms with Gasteiger partial charge in [0.05, 0.1) is 6.54 Å². The number of aromatic nitrogens is 3. The van der Waals surface area contributed by atoms with Crippen LogP contribution in [0.25, 0.3) is 4.96 Å². The maximum atomic E-state index is 12.5. The number of benzene rings is 1. The largest absolute Gasteiger partial charge is 0.279 e. The first-order valence-electron chi connectivity index (χ1n) is 6.44. The first-order valence-corrected chi connectivity index (χ1v) is 7.26. The molecule has 4 rings (SSSR count). The van der Waals surface area contributed by atoms with E-state index >= 15 is 0 Å². The highest BCUT2D eigenvalue weighted by Crippen LogP contribution is 2.30. The van der Waals surface area contributed by atoms with Gasteiger partial charge in [0.15, 0.2) is 0 Å². The predicted octanol–water partition coefficient (Wildman–Crippen LogP) is 0.947. The Balaban J connectivity index is 1.82. The zero-order valence-corrected chi connectivity index (χ0v) is 11.9. The minimum absolute atomic E-state index is 0.0841. The summed E-state index contributed by atoms with van der Waals surface area (Å²) in [5, 5.41) is 7.34. The normalized spacial score (nSPS) is 13.9. The highest BCUT2D eigenvalue weighted by Gasteiger charge is 2.40. The summed E-state index contributed by atoms with van der Waals surface area (Å²) < 4.78 is 1.15. The van der Waals surface area contributed by atoms with Crippen molar-refractivity contribution < 1.29 is 9.59 Å². The fourth-order valence-corrected chi connectivity index (χ4v) is 3.44. The Bertz CT molecular complexity index is 977. The lowest BCUT2D eigenvalue weighted by Crippen LogP contribution is -2.30. The van der Waals surface area contributed by atoms with Gasteiger partial charge in [-0.3, -0.25) is 19.3 Å². The van der Waals surface area contributed by atoms with E-state index < -0.39 is 17.4 Å². The lowest BCUT2D eigenvalue weighted by atomic mass is 10.2. The standard InChI is InChI=1S/C14H8N4O3S/c19-9-6-15-16-14-18(9)10-11(22-14)13(21)17(12(10)20)7-8-4-2-1-3-5-8/h1-6H,7H2. The quantitative estimate of drug-likeness (QED) is 0.658. The van der Waals surface area contributed by atoms with Crippen LogP contribution in [0.3, 0.4) is 0 Å². The lowest BCUT2D eigenvalue weighted by Gasteiger charge is -2.13. The van der Waals surface area contributed by atoms with Crippen LogP contribution >= 0.6 is 11.3 Å². The average Bonchev–Trinajstić information content (AvgIpc) is 3.02. The number of carbonyl (C=O) groups excluding carboxylic acids is 2. The van der Waals surface area contributed by atoms with Gasteiger partial charge in [0.2, 0.25) is 4.96 Å². The smallest absolute Gasteiger partial charge is 0.268 e. The molecule has 0 atom stereocenters. The summed E-state index contributed by atoms with van der Waals surface area (Å²) in [5.41, 5.74) is 0.460. The van der Waals surface area contributed by atoms with Crippen molar-refractivity contribution in [3.8, 4) is 0 Å². The third-order valence-electron chi connectivity index (χ3n) is 3.43. The van der Waals surface area contributed by atoms with Gasteiger partial charge in [-0.25, -0.2) is 4.40 Å². The van der Waals surface area contributed by atoms with Gasteiger partial charge in [-0.05, 0) is 5.56 Å². The van der Waals surface area contributed by atoms with E-state index in [2.05, 4.69) is 10.2 Å². The van der Waals surface area contributed by atoms with Gasteiger partial charge in [0.25, 0.3) is 17.4 Å². The molecule has 2 amide bonds. The van der Waals surface area contributed by atoms with Crippen LogP contribution in [0.1, 0.15) is 25.7 Å². The summed E-state index contributed by atoms with van der Waals surface area (Å²) in [5.74, 6) is -0.885. The number of fused-ring (bicyclic) bond motifs is 3. The second kappa shape index (κ2) is 4.57. The fraction of sp³-hybridized carbons (Fsp3) is 0.0714. The molecule has 2 aromatic heterocycles. The number of hydrogen-bond acceptors (Lipinski definition) is 6. The molecule has 1 aliphatic rings. The van der Waals surface area contributed by atoms with Crippen LogP contribution in [0.5, 0.6) is 0 Å². The number of amides is 2. The van der Waals surface area contributed by atoms with Crippen molar-refractivity contribution in [2.45, 2.75) is 6.54 Å². The van der Waals surface area contributed by atoms with Crippen molar-refractivity contribution in [2.75, 3.05) is 0 Å². The minimum atomic E-state index is -0.481. The Morgan fingerprint density at radius 1 is 1.05 bits per heavy atom. The van der Waals surface area contributed by atoms with Gasteiger partial charge >= 0.3 is 0 Å². The molecule has 1 aromatic carbocycles. The number of hydrogen-bond donors (Lipinski definition) is 0. The van der Waals surface area contributed by atoms with Gasteiger partial charge in [0, 0.05) is 0 Å². The molecular formula is C14H8N4O3S. The summed E-state index contributed by atoms with van der Waals surface area (Å²) in [7, 11) is 0. The third kappa shape index (κ3) is 1.70. The molecule has 108 valence electrons. The van der Waals surface area contributed by atoms with E-state index in [4.69, 9.17) is 0 Å². The lowest BCUT2D eigenvalue weighted by molar-refractivity contribution is 0.0641. The first kappa shape index (κ1) is 12.8. The number of carbonyl (C=O) groups is 2. The summed E-state index contributed by atoms with van der Waals surface area (Å²) in [4.78, 5) is 38.5. The molecule has 0 aliphatic carbocycles. The zero-order chi connectivity index (χ0) is 15.3. The predicted molar refractivity (Wildman–Crippen MR) is 77.8 cm³/mol. The van der Waals surface area contributed by atoms with Crippen molar-refractivity contribution in [2.24, 2.45) is 0 Å². The van der Waals surface area contributed by atoms with Crippen LogP contribution in [0.4, 0.5) is 0 Å². The molecule has 0 saturated heterocycles. The molecule has 22 heavy (non-hydrogen) atoms. The number of rotatable bonds is 2. The van der Waals surface area contributed by atoms with E-state index in [1.54, 1.807) is 0 Å². The van der Waals surface area contributed by atoms with E-state index in [0.29, 0.717) is 0 Å². The van der Waals surface area contributed by atoms with Crippen molar-refractivity contribution in [1.29, 1.82) is 0 Å². The van der Waals surface area contributed by atoms with Crippen molar-refractivity contribution >= 4 is 28.1 Å². The van der Waals surface area contributed by atoms with Crippen LogP contribution in [0.2, 0.25) is 0 Å². The van der Waals surface area contributed by atoms with Crippen LogP contribution in [-0.2, 0) is 6.54 Å². The molecule has 0 N–H and O–H groups in total. The van der Waals surface area contributed by atoms with Gasteiger partial charge < -0.3 is 0 Å². The maximum Gasteiger partial charge on any atom is 0.279 e. The molecule has 0 fully saturated rings. The SMILES string of the molecule is O=C1c2sc3nncc(=O)n3c2C(=O)N1Cc1ccccc1. The molecule has 1 aliphatic heterocycles. The Morgan fingerprint density at radius 2 is 1.82 bits per heavy atom. The number of thiazole rings is 1. The van der Waals surface area contributed by atoms with E-state index in [-0.39, 0.29) is 22.1 Å². The average molecular weight is 312 g/mol. The third-order valence-corrected chi connectivity index (χ3v) is 4.44. The Hall–Kier alpha value is -2.87. The number of nitrogens with zero attached hydrogens (tertiary/aromatic N) is 4. The molecule has 3 aromatic rings. The van der Waals surface area contributed by atoms with Crippen molar-refractivity contribution in [3.63, 3.8) is 0 Å². The Labute approximate surface area is 127 Å². The molecule has 8 heteroatoms. The first-order chi connectivity index (χ1) is 10.7. The van der Waals surface area contributed by atoms with Gasteiger partial charge in [-0.2, -0.15) is 5.10 Å². The Kier molecular flexibility index (Phi) is 2.67. The fourth-order valence-electron chi connectivity index (χ4n) is 2.43. The van der Waals surface area contributed by atoms with Gasteiger partial charge in [-0.1, -0.05) is 41.7 Å². The van der Waals surface area contributed by atoms with E-state index in [1.165, 1.54) is 0 Å². The molecule has 7 nitrogen and oxygen atoms in total. The Morgan fingerprint density at radius 3 is 2.59 bits per heavy atom. The molecule has 0 spiro atoms. The molecule has 0 bridgehead atoms. The van der Waals surface area contributed by atoms with E-state index in [0.717, 1.165) is 32.4 Å². The van der Waals surface area contributed by atoms with Crippen molar-refractivity contribution in [3.05, 3.63) is 63.0 Å². The summed E-state index contributed by atoms with van der Waals surface area (Å²) in [6, 6.07) is 9.21. The summed E-state index contributed by atoms with van der Waals surface area (Å²) >= 11 is 1.00. The van der Waals surface area contributed by atoms with Crippen LogP contribution < -0.4 is 5.56 Å². The van der Waals surface area contributed by atoms with Crippen LogP contribution in [0.15, 0.2) is 41.3 Å². The summed E-state index contributed by atoms with van der Waals surface area (Å²) in [6.07, 6.45) is 1.03. The van der Waals surface area contributed by atoms with Crippen LogP contribution in [0, 0.1) is 0 Å². The molecule has 0 saturated carbocycles. The van der Waals surface area contributed by atoms with Gasteiger partial charge in [0.1, 0.15) is 16.8 Å².